The maximum atomic E-state index is 11.8. The zero-order chi connectivity index (χ0) is 14.5. The normalized spacial score (nSPS) is 10.7. The minimum absolute atomic E-state index is 0.0180. The summed E-state index contributed by atoms with van der Waals surface area (Å²) in [5.74, 6) is 1.17. The maximum Gasteiger partial charge on any atom is 0.253 e. The molecular weight excluding hydrogens is 286 g/mol. The Hall–Kier alpha value is -2.41. The molecule has 0 saturated carbocycles. The van der Waals surface area contributed by atoms with Crippen molar-refractivity contribution < 1.29 is 4.79 Å². The Bertz CT molecular complexity index is 710. The smallest absolute Gasteiger partial charge is 0.253 e. The van der Waals surface area contributed by atoms with Crippen LogP contribution in [0.25, 0.3) is 5.78 Å². The van der Waals surface area contributed by atoms with Crippen molar-refractivity contribution in [1.82, 2.24) is 19.6 Å². The number of thioether (sulfide) groups is 1. The van der Waals surface area contributed by atoms with Crippen LogP contribution in [0, 0.1) is 0 Å². The standard InChI is InChI=1S/C14H13N5OS/c20-12(16-11-5-2-1-3-6-11)7-10-21-14-17-13-15-8-4-9-19(13)18-14/h1-6,8-9H,7,10H2,(H,16,20). The lowest BCUT2D eigenvalue weighted by atomic mass is 10.3. The molecule has 0 aliphatic heterocycles. The molecule has 7 heteroatoms. The van der Waals surface area contributed by atoms with Crippen molar-refractivity contribution in [2.24, 2.45) is 0 Å². The van der Waals surface area contributed by atoms with Crippen molar-refractivity contribution in [2.45, 2.75) is 11.6 Å². The highest BCUT2D eigenvalue weighted by Crippen LogP contribution is 2.15. The average molecular weight is 299 g/mol. The number of aromatic nitrogens is 4. The lowest BCUT2D eigenvalue weighted by Gasteiger charge is -2.03. The van der Waals surface area contributed by atoms with Crippen LogP contribution in [-0.2, 0) is 4.79 Å². The lowest BCUT2D eigenvalue weighted by Crippen LogP contribution is -2.11. The summed E-state index contributed by atoms with van der Waals surface area (Å²) in [6, 6.07) is 11.2. The molecule has 2 heterocycles. The summed E-state index contributed by atoms with van der Waals surface area (Å²) in [5, 5.41) is 7.74. The number of rotatable bonds is 5. The highest BCUT2D eigenvalue weighted by atomic mass is 32.2. The number of hydrogen-bond donors (Lipinski definition) is 1. The number of amides is 1. The van der Waals surface area contributed by atoms with E-state index in [1.807, 2.05) is 30.3 Å². The molecule has 106 valence electrons. The summed E-state index contributed by atoms with van der Waals surface area (Å²) in [6.07, 6.45) is 3.87. The van der Waals surface area contributed by atoms with E-state index in [4.69, 9.17) is 0 Å². The average Bonchev–Trinajstić information content (AvgIpc) is 2.91. The summed E-state index contributed by atoms with van der Waals surface area (Å²) in [4.78, 5) is 20.2. The molecule has 0 spiro atoms. The second kappa shape index (κ2) is 6.36. The molecule has 0 fully saturated rings. The Kier molecular flexibility index (Phi) is 4.11. The van der Waals surface area contributed by atoms with E-state index in [2.05, 4.69) is 20.4 Å². The zero-order valence-electron chi connectivity index (χ0n) is 11.1. The van der Waals surface area contributed by atoms with Crippen LogP contribution >= 0.6 is 11.8 Å². The molecule has 21 heavy (non-hydrogen) atoms. The van der Waals surface area contributed by atoms with Gasteiger partial charge in [-0.05, 0) is 18.2 Å². The summed E-state index contributed by atoms with van der Waals surface area (Å²) in [5.41, 5.74) is 0.808. The van der Waals surface area contributed by atoms with E-state index in [9.17, 15) is 4.79 Å². The number of hydrogen-bond acceptors (Lipinski definition) is 5. The first-order chi connectivity index (χ1) is 10.3. The van der Waals surface area contributed by atoms with E-state index in [1.165, 1.54) is 11.8 Å². The fourth-order valence-corrected chi connectivity index (χ4v) is 2.52. The van der Waals surface area contributed by atoms with Gasteiger partial charge in [0.1, 0.15) is 0 Å². The topological polar surface area (TPSA) is 72.2 Å². The Morgan fingerprint density at radius 3 is 2.90 bits per heavy atom. The van der Waals surface area contributed by atoms with Crippen molar-refractivity contribution in [1.29, 1.82) is 0 Å². The molecule has 6 nitrogen and oxygen atoms in total. The number of anilines is 1. The van der Waals surface area contributed by atoms with Crippen LogP contribution in [0.15, 0.2) is 53.9 Å². The van der Waals surface area contributed by atoms with Gasteiger partial charge in [-0.15, -0.1) is 5.10 Å². The second-order valence-electron chi connectivity index (χ2n) is 4.27. The number of para-hydroxylation sites is 1. The highest BCUT2D eigenvalue weighted by Gasteiger charge is 2.07. The van der Waals surface area contributed by atoms with Gasteiger partial charge in [0.15, 0.2) is 0 Å². The van der Waals surface area contributed by atoms with Gasteiger partial charge in [-0.1, -0.05) is 30.0 Å². The number of carbonyl (C=O) groups excluding carboxylic acids is 1. The molecule has 0 unspecified atom stereocenters. The van der Waals surface area contributed by atoms with E-state index in [0.717, 1.165) is 5.69 Å². The fraction of sp³-hybridized carbons (Fsp3) is 0.143. The van der Waals surface area contributed by atoms with Gasteiger partial charge in [-0.25, -0.2) is 9.50 Å². The van der Waals surface area contributed by atoms with Gasteiger partial charge in [0, 0.05) is 30.3 Å². The number of nitrogens with zero attached hydrogens (tertiary/aromatic N) is 4. The maximum absolute atomic E-state index is 11.8. The van der Waals surface area contributed by atoms with Crippen molar-refractivity contribution in [2.75, 3.05) is 11.1 Å². The first-order valence-corrected chi connectivity index (χ1v) is 7.45. The molecule has 1 aromatic carbocycles. The van der Waals surface area contributed by atoms with Gasteiger partial charge in [0.05, 0.1) is 0 Å². The van der Waals surface area contributed by atoms with Crippen molar-refractivity contribution in [3.63, 3.8) is 0 Å². The van der Waals surface area contributed by atoms with Crippen molar-refractivity contribution in [3.8, 4) is 0 Å². The summed E-state index contributed by atoms with van der Waals surface area (Å²) in [6.45, 7) is 0. The van der Waals surface area contributed by atoms with E-state index < -0.39 is 0 Å². The third-order valence-corrected chi connectivity index (χ3v) is 3.55. The SMILES string of the molecule is O=C(CCSc1nc2ncccn2n1)Nc1ccccc1. The van der Waals surface area contributed by atoms with E-state index in [1.54, 1.807) is 23.0 Å². The highest BCUT2D eigenvalue weighted by molar-refractivity contribution is 7.99. The van der Waals surface area contributed by atoms with Crippen LogP contribution in [-0.4, -0.2) is 31.2 Å². The molecule has 3 rings (SSSR count). The Morgan fingerprint density at radius 2 is 2.10 bits per heavy atom. The second-order valence-corrected chi connectivity index (χ2v) is 5.33. The first kappa shape index (κ1) is 13.6. The summed E-state index contributed by atoms with van der Waals surface area (Å²) >= 11 is 1.44. The third-order valence-electron chi connectivity index (χ3n) is 2.72. The van der Waals surface area contributed by atoms with Crippen LogP contribution < -0.4 is 5.32 Å². The number of fused-ring (bicyclic) bond motifs is 1. The molecule has 0 saturated heterocycles. The monoisotopic (exact) mass is 299 g/mol. The summed E-state index contributed by atoms with van der Waals surface area (Å²) < 4.78 is 1.62. The van der Waals surface area contributed by atoms with Gasteiger partial charge in [-0.2, -0.15) is 4.98 Å². The molecule has 0 aliphatic rings. The molecule has 0 radical (unpaired) electrons. The van der Waals surface area contributed by atoms with Crippen LogP contribution in [0.1, 0.15) is 6.42 Å². The molecule has 0 aliphatic carbocycles. The lowest BCUT2D eigenvalue weighted by molar-refractivity contribution is -0.115. The fourth-order valence-electron chi connectivity index (χ4n) is 1.75. The Labute approximate surface area is 125 Å². The predicted octanol–water partition coefficient (Wildman–Crippen LogP) is 2.25. The van der Waals surface area contributed by atoms with Crippen LogP contribution in [0.3, 0.4) is 0 Å². The van der Waals surface area contributed by atoms with Crippen LogP contribution in [0.5, 0.6) is 0 Å². The molecule has 1 N–H and O–H groups in total. The van der Waals surface area contributed by atoms with Crippen molar-refractivity contribution >= 4 is 29.1 Å². The predicted molar refractivity (Wildman–Crippen MR) is 81.2 cm³/mol. The summed E-state index contributed by atoms with van der Waals surface area (Å²) in [7, 11) is 0. The Balaban J connectivity index is 1.50. The van der Waals surface area contributed by atoms with Gasteiger partial charge in [0.25, 0.3) is 5.78 Å². The van der Waals surface area contributed by atoms with Gasteiger partial charge < -0.3 is 5.32 Å². The van der Waals surface area contributed by atoms with E-state index >= 15 is 0 Å². The minimum atomic E-state index is -0.0180. The molecule has 0 atom stereocenters. The number of carbonyl (C=O) groups is 1. The van der Waals surface area contributed by atoms with Crippen LogP contribution in [0.4, 0.5) is 5.69 Å². The quantitative estimate of drug-likeness (QED) is 0.732. The molecule has 2 aromatic heterocycles. The number of benzene rings is 1. The van der Waals surface area contributed by atoms with Crippen molar-refractivity contribution in [3.05, 3.63) is 48.8 Å². The molecule has 3 aromatic rings. The minimum Gasteiger partial charge on any atom is -0.326 e. The van der Waals surface area contributed by atoms with Crippen LogP contribution in [0.2, 0.25) is 0 Å². The largest absolute Gasteiger partial charge is 0.326 e. The van der Waals surface area contributed by atoms with E-state index in [0.29, 0.717) is 23.1 Å². The van der Waals surface area contributed by atoms with E-state index in [-0.39, 0.29) is 5.91 Å². The third kappa shape index (κ3) is 3.57. The molecule has 1 amide bonds. The number of nitrogens with one attached hydrogen (secondary N) is 1. The van der Waals surface area contributed by atoms with Gasteiger partial charge in [-0.3, -0.25) is 4.79 Å². The van der Waals surface area contributed by atoms with Gasteiger partial charge in [0.2, 0.25) is 11.1 Å². The first-order valence-electron chi connectivity index (χ1n) is 6.46. The molecular formula is C14H13N5OS. The molecule has 0 bridgehead atoms. The Morgan fingerprint density at radius 1 is 1.24 bits per heavy atom. The zero-order valence-corrected chi connectivity index (χ0v) is 12.0. The van der Waals surface area contributed by atoms with Gasteiger partial charge >= 0.3 is 0 Å².